The van der Waals surface area contributed by atoms with Crippen LogP contribution in [0.1, 0.15) is 25.7 Å². The van der Waals surface area contributed by atoms with Crippen LogP contribution in [0.3, 0.4) is 0 Å². The Labute approximate surface area is 72.5 Å². The maximum absolute atomic E-state index is 8.22. The SMILES string of the molecule is COC[C@H]1CC[C@H](N=[N+]=[N-])CC1. The van der Waals surface area contributed by atoms with E-state index < -0.39 is 0 Å². The molecule has 0 aromatic heterocycles. The lowest BCUT2D eigenvalue weighted by molar-refractivity contribution is 0.127. The molecule has 12 heavy (non-hydrogen) atoms. The largest absolute Gasteiger partial charge is 0.384 e. The fourth-order valence-electron chi connectivity index (χ4n) is 1.74. The molecule has 4 nitrogen and oxygen atoms in total. The van der Waals surface area contributed by atoms with E-state index in [2.05, 4.69) is 10.0 Å². The van der Waals surface area contributed by atoms with Crippen molar-refractivity contribution in [3.63, 3.8) is 0 Å². The fourth-order valence-corrected chi connectivity index (χ4v) is 1.74. The molecule has 0 amide bonds. The number of rotatable bonds is 3. The number of methoxy groups -OCH3 is 1. The maximum atomic E-state index is 8.22. The lowest BCUT2D eigenvalue weighted by atomic mass is 9.87. The van der Waals surface area contributed by atoms with Crippen molar-refractivity contribution in [1.29, 1.82) is 0 Å². The van der Waals surface area contributed by atoms with Gasteiger partial charge in [-0.2, -0.15) is 0 Å². The number of hydrogen-bond acceptors (Lipinski definition) is 2. The molecular formula is C8H15N3O. The molecule has 0 aliphatic heterocycles. The van der Waals surface area contributed by atoms with E-state index in [0.29, 0.717) is 5.92 Å². The Morgan fingerprint density at radius 2 is 2.08 bits per heavy atom. The highest BCUT2D eigenvalue weighted by atomic mass is 16.5. The van der Waals surface area contributed by atoms with E-state index >= 15 is 0 Å². The maximum Gasteiger partial charge on any atom is 0.0490 e. The Morgan fingerprint density at radius 3 is 2.58 bits per heavy atom. The van der Waals surface area contributed by atoms with Gasteiger partial charge in [0.1, 0.15) is 0 Å². The number of hydrogen-bond donors (Lipinski definition) is 0. The molecule has 0 saturated heterocycles. The lowest BCUT2D eigenvalue weighted by Crippen LogP contribution is -2.19. The second kappa shape index (κ2) is 5.01. The van der Waals surface area contributed by atoms with Gasteiger partial charge in [0, 0.05) is 24.7 Å². The van der Waals surface area contributed by atoms with Crippen molar-refractivity contribution in [3.05, 3.63) is 10.4 Å². The van der Waals surface area contributed by atoms with Gasteiger partial charge in [-0.3, -0.25) is 0 Å². The van der Waals surface area contributed by atoms with Crippen molar-refractivity contribution in [2.45, 2.75) is 31.7 Å². The minimum atomic E-state index is 0.239. The summed E-state index contributed by atoms with van der Waals surface area (Å²) in [5.74, 6) is 0.681. The third kappa shape index (κ3) is 2.72. The van der Waals surface area contributed by atoms with Gasteiger partial charge < -0.3 is 4.74 Å². The molecule has 0 heterocycles. The fraction of sp³-hybridized carbons (Fsp3) is 1.00. The predicted octanol–water partition coefficient (Wildman–Crippen LogP) is 2.50. The highest BCUT2D eigenvalue weighted by Crippen LogP contribution is 2.26. The Bertz CT molecular complexity index is 169. The lowest BCUT2D eigenvalue weighted by Gasteiger charge is -2.24. The molecule has 0 aromatic carbocycles. The van der Waals surface area contributed by atoms with Crippen LogP contribution in [0.4, 0.5) is 0 Å². The van der Waals surface area contributed by atoms with Crippen LogP contribution in [0.2, 0.25) is 0 Å². The number of azide groups is 1. The van der Waals surface area contributed by atoms with E-state index in [-0.39, 0.29) is 6.04 Å². The molecule has 0 radical (unpaired) electrons. The Hall–Kier alpha value is -0.730. The minimum absolute atomic E-state index is 0.239. The number of nitrogens with zero attached hydrogens (tertiary/aromatic N) is 3. The molecule has 0 spiro atoms. The topological polar surface area (TPSA) is 58.0 Å². The smallest absolute Gasteiger partial charge is 0.0490 e. The van der Waals surface area contributed by atoms with E-state index in [1.165, 1.54) is 0 Å². The van der Waals surface area contributed by atoms with Gasteiger partial charge in [0.15, 0.2) is 0 Å². The van der Waals surface area contributed by atoms with Crippen molar-refractivity contribution in [3.8, 4) is 0 Å². The monoisotopic (exact) mass is 169 g/mol. The van der Waals surface area contributed by atoms with Gasteiger partial charge in [-0.15, -0.1) is 0 Å². The Morgan fingerprint density at radius 1 is 1.42 bits per heavy atom. The molecule has 0 N–H and O–H groups in total. The Balaban J connectivity index is 2.24. The van der Waals surface area contributed by atoms with Crippen LogP contribution in [-0.2, 0) is 4.74 Å². The Kier molecular flexibility index (Phi) is 3.91. The first-order valence-electron chi connectivity index (χ1n) is 4.40. The zero-order chi connectivity index (χ0) is 8.81. The van der Waals surface area contributed by atoms with Gasteiger partial charge in [-0.05, 0) is 37.1 Å². The van der Waals surface area contributed by atoms with Crippen LogP contribution in [-0.4, -0.2) is 19.8 Å². The third-order valence-corrected chi connectivity index (χ3v) is 2.43. The summed E-state index contributed by atoms with van der Waals surface area (Å²) < 4.78 is 5.07. The second-order valence-corrected chi connectivity index (χ2v) is 3.33. The predicted molar refractivity (Wildman–Crippen MR) is 46.8 cm³/mol. The summed E-state index contributed by atoms with van der Waals surface area (Å²) in [6, 6.07) is 0.239. The van der Waals surface area contributed by atoms with Crippen molar-refractivity contribution in [1.82, 2.24) is 0 Å². The van der Waals surface area contributed by atoms with E-state index in [4.69, 9.17) is 10.3 Å². The van der Waals surface area contributed by atoms with Crippen LogP contribution in [0.5, 0.6) is 0 Å². The van der Waals surface area contributed by atoms with Gasteiger partial charge in [0.25, 0.3) is 0 Å². The van der Waals surface area contributed by atoms with Gasteiger partial charge in [0.05, 0.1) is 0 Å². The summed E-state index contributed by atoms with van der Waals surface area (Å²) in [6.45, 7) is 0.850. The normalized spacial score (nSPS) is 29.4. The molecule has 1 aliphatic rings. The summed E-state index contributed by atoms with van der Waals surface area (Å²) in [5, 5.41) is 3.72. The molecule has 1 aliphatic carbocycles. The molecule has 1 rings (SSSR count). The zero-order valence-electron chi connectivity index (χ0n) is 7.44. The molecule has 0 bridgehead atoms. The standard InChI is InChI=1S/C8H15N3O/c1-12-6-7-2-4-8(5-3-7)10-11-9/h7-8H,2-6H2,1H3/t7-,8-. The minimum Gasteiger partial charge on any atom is -0.384 e. The summed E-state index contributed by atoms with van der Waals surface area (Å²) in [7, 11) is 1.74. The van der Waals surface area contributed by atoms with Gasteiger partial charge in [-0.25, -0.2) is 0 Å². The summed E-state index contributed by atoms with van der Waals surface area (Å²) in [4.78, 5) is 2.82. The summed E-state index contributed by atoms with van der Waals surface area (Å²) in [5.41, 5.74) is 8.22. The van der Waals surface area contributed by atoms with Crippen LogP contribution in [0.15, 0.2) is 5.11 Å². The highest BCUT2D eigenvalue weighted by molar-refractivity contribution is 4.76. The average molecular weight is 169 g/mol. The summed E-state index contributed by atoms with van der Waals surface area (Å²) in [6.07, 6.45) is 4.32. The van der Waals surface area contributed by atoms with E-state index in [1.54, 1.807) is 7.11 Å². The van der Waals surface area contributed by atoms with Crippen molar-refractivity contribution < 1.29 is 4.74 Å². The first-order valence-corrected chi connectivity index (χ1v) is 4.40. The zero-order valence-corrected chi connectivity index (χ0v) is 7.44. The molecule has 68 valence electrons. The van der Waals surface area contributed by atoms with Crippen LogP contribution in [0.25, 0.3) is 10.4 Å². The molecule has 0 atom stereocenters. The average Bonchev–Trinajstić information content (AvgIpc) is 2.09. The third-order valence-electron chi connectivity index (χ3n) is 2.43. The number of ether oxygens (including phenoxy) is 1. The molecule has 0 aromatic rings. The van der Waals surface area contributed by atoms with Crippen molar-refractivity contribution >= 4 is 0 Å². The first kappa shape index (κ1) is 9.36. The first-order chi connectivity index (χ1) is 5.86. The van der Waals surface area contributed by atoms with Crippen LogP contribution < -0.4 is 0 Å². The molecular weight excluding hydrogens is 154 g/mol. The van der Waals surface area contributed by atoms with E-state index in [0.717, 1.165) is 32.3 Å². The van der Waals surface area contributed by atoms with E-state index in [1.807, 2.05) is 0 Å². The van der Waals surface area contributed by atoms with E-state index in [9.17, 15) is 0 Å². The summed E-state index contributed by atoms with van der Waals surface area (Å²) >= 11 is 0. The molecule has 1 fully saturated rings. The van der Waals surface area contributed by atoms with Crippen molar-refractivity contribution in [2.75, 3.05) is 13.7 Å². The highest BCUT2D eigenvalue weighted by Gasteiger charge is 2.19. The molecule has 4 heteroatoms. The van der Waals surface area contributed by atoms with Gasteiger partial charge in [-0.1, -0.05) is 5.11 Å². The van der Waals surface area contributed by atoms with Crippen molar-refractivity contribution in [2.24, 2.45) is 11.0 Å². The quantitative estimate of drug-likeness (QED) is 0.364. The molecule has 0 unspecified atom stereocenters. The van der Waals surface area contributed by atoms with Gasteiger partial charge in [0.2, 0.25) is 0 Å². The van der Waals surface area contributed by atoms with Crippen LogP contribution in [0, 0.1) is 5.92 Å². The second-order valence-electron chi connectivity index (χ2n) is 3.33. The van der Waals surface area contributed by atoms with Crippen LogP contribution >= 0.6 is 0 Å². The molecule has 1 saturated carbocycles. The van der Waals surface area contributed by atoms with Gasteiger partial charge >= 0.3 is 0 Å².